The van der Waals surface area contributed by atoms with E-state index in [1.165, 1.54) is 77.0 Å². The van der Waals surface area contributed by atoms with Gasteiger partial charge in [-0.05, 0) is 69.7 Å². The van der Waals surface area contributed by atoms with Crippen molar-refractivity contribution >= 4 is 62.2 Å². The molecule has 0 saturated carbocycles. The smallest absolute Gasteiger partial charge is 0.197 e. The molecule has 1 N–H and O–H groups in total. The van der Waals surface area contributed by atoms with Gasteiger partial charge in [-0.1, -0.05) is 104 Å². The Morgan fingerprint density at radius 2 is 1.46 bits per heavy atom. The highest BCUT2D eigenvalue weighted by molar-refractivity contribution is 6.73. The maximum atomic E-state index is 3.70. The first-order chi connectivity index (χ1) is 20.0. The van der Waals surface area contributed by atoms with Crippen LogP contribution in [0.5, 0.6) is 0 Å². The normalized spacial score (nSPS) is 14.1. The van der Waals surface area contributed by atoms with Gasteiger partial charge in [-0.3, -0.25) is 0 Å². The predicted octanol–water partition coefficient (Wildman–Crippen LogP) is 8.26. The van der Waals surface area contributed by atoms with Crippen LogP contribution in [-0.2, 0) is 5.41 Å². The number of fused-ring (bicyclic) bond motifs is 3. The lowest BCUT2D eigenvalue weighted by molar-refractivity contribution is 0.632. The first kappa shape index (κ1) is 23.0. The van der Waals surface area contributed by atoms with Gasteiger partial charge in [0, 0.05) is 44.3 Å². The summed E-state index contributed by atoms with van der Waals surface area (Å²) < 4.78 is 2.61. The summed E-state index contributed by atoms with van der Waals surface area (Å²) >= 11 is 0. The van der Waals surface area contributed by atoms with E-state index in [9.17, 15) is 0 Å². The second-order valence-corrected chi connectivity index (χ2v) is 12.1. The fraction of sp³-hybridized carbons (Fsp3) is 0.105. The van der Waals surface area contributed by atoms with E-state index in [2.05, 4.69) is 147 Å². The summed E-state index contributed by atoms with van der Waals surface area (Å²) in [6, 6.07) is 39.8. The fourth-order valence-electron chi connectivity index (χ4n) is 7.60. The van der Waals surface area contributed by atoms with Crippen LogP contribution in [0, 0.1) is 6.92 Å². The molecule has 0 amide bonds. The minimum Gasteiger partial charge on any atom is -0.355 e. The molecule has 0 unspecified atom stereocenters. The molecule has 0 saturated heterocycles. The standard InChI is InChI=1S/C38H28BN2/c1-22-20-27(26-16-9-10-19-31(26)40-24-13-5-4-6-14-24)34-37-32(22)33-25-15-8-7-12-23(25)21-29-36(33)41(37)35-28(38(29,2)3)17-11-18-30(35)39-34/h4-21,40H,1-3H3. The minimum absolute atomic E-state index is 0.105. The number of hydrogen-bond acceptors (Lipinski definition) is 1. The zero-order chi connectivity index (χ0) is 27.5. The largest absolute Gasteiger partial charge is 0.355 e. The molecule has 7 aromatic rings. The third kappa shape index (κ3) is 2.93. The van der Waals surface area contributed by atoms with Gasteiger partial charge in [-0.15, -0.1) is 0 Å². The molecular weight excluding hydrogens is 495 g/mol. The van der Waals surface area contributed by atoms with Crippen LogP contribution in [-0.4, -0.2) is 11.8 Å². The van der Waals surface area contributed by atoms with E-state index in [4.69, 9.17) is 0 Å². The quantitative estimate of drug-likeness (QED) is 0.231. The summed E-state index contributed by atoms with van der Waals surface area (Å²) in [6.07, 6.45) is 0. The minimum atomic E-state index is -0.105. The van der Waals surface area contributed by atoms with Crippen LogP contribution >= 0.6 is 0 Å². The highest BCUT2D eigenvalue weighted by Gasteiger charge is 2.40. The van der Waals surface area contributed by atoms with E-state index >= 15 is 0 Å². The van der Waals surface area contributed by atoms with E-state index in [1.54, 1.807) is 0 Å². The molecule has 1 radical (unpaired) electrons. The van der Waals surface area contributed by atoms with Crippen LogP contribution in [0.2, 0.25) is 0 Å². The molecule has 0 bridgehead atoms. The summed E-state index contributed by atoms with van der Waals surface area (Å²) in [6.45, 7) is 7.09. The van der Waals surface area contributed by atoms with Gasteiger partial charge < -0.3 is 9.88 Å². The van der Waals surface area contributed by atoms with Gasteiger partial charge in [0.2, 0.25) is 0 Å². The Balaban J connectivity index is 1.46. The molecule has 9 rings (SSSR count). The van der Waals surface area contributed by atoms with Gasteiger partial charge in [0.15, 0.2) is 7.28 Å². The molecule has 41 heavy (non-hydrogen) atoms. The van der Waals surface area contributed by atoms with Crippen molar-refractivity contribution in [1.82, 2.24) is 4.57 Å². The predicted molar refractivity (Wildman–Crippen MR) is 175 cm³/mol. The number of hydrogen-bond donors (Lipinski definition) is 1. The fourth-order valence-corrected chi connectivity index (χ4v) is 7.60. The molecule has 0 spiro atoms. The van der Waals surface area contributed by atoms with Crippen LogP contribution in [0.3, 0.4) is 0 Å². The van der Waals surface area contributed by atoms with Gasteiger partial charge in [-0.25, -0.2) is 0 Å². The van der Waals surface area contributed by atoms with Crippen LogP contribution in [0.15, 0.2) is 109 Å². The van der Waals surface area contributed by atoms with Crippen molar-refractivity contribution < 1.29 is 0 Å². The van der Waals surface area contributed by atoms with Crippen molar-refractivity contribution in [2.24, 2.45) is 0 Å². The first-order valence-corrected chi connectivity index (χ1v) is 14.5. The second-order valence-electron chi connectivity index (χ2n) is 12.1. The van der Waals surface area contributed by atoms with Crippen LogP contribution in [0.1, 0.15) is 30.5 Å². The average molecular weight is 523 g/mol. The number of aryl methyl sites for hydroxylation is 1. The van der Waals surface area contributed by atoms with Gasteiger partial charge >= 0.3 is 0 Å². The molecule has 2 aliphatic heterocycles. The van der Waals surface area contributed by atoms with Crippen molar-refractivity contribution in [2.45, 2.75) is 26.2 Å². The highest BCUT2D eigenvalue weighted by Crippen LogP contribution is 2.51. The topological polar surface area (TPSA) is 17.0 Å². The van der Waals surface area contributed by atoms with E-state index in [-0.39, 0.29) is 5.41 Å². The van der Waals surface area contributed by atoms with Gasteiger partial charge in [0.1, 0.15) is 0 Å². The third-order valence-corrected chi connectivity index (χ3v) is 9.46. The maximum Gasteiger partial charge on any atom is 0.197 e. The molecule has 193 valence electrons. The third-order valence-electron chi connectivity index (χ3n) is 9.46. The van der Waals surface area contributed by atoms with Crippen LogP contribution in [0.4, 0.5) is 11.4 Å². The first-order valence-electron chi connectivity index (χ1n) is 14.5. The summed E-state index contributed by atoms with van der Waals surface area (Å²) in [5.41, 5.74) is 15.3. The zero-order valence-electron chi connectivity index (χ0n) is 23.4. The SMILES string of the molecule is Cc1cc(-c2ccccc2Nc2ccccc2)c2c3c1c1c4ccccc4cc4c1n3-c1c(cccc1C4(C)C)[B]2. The molecule has 1 aromatic heterocycles. The van der Waals surface area contributed by atoms with Crippen molar-refractivity contribution in [2.75, 3.05) is 5.32 Å². The zero-order valence-corrected chi connectivity index (χ0v) is 23.4. The van der Waals surface area contributed by atoms with Crippen molar-refractivity contribution in [3.63, 3.8) is 0 Å². The van der Waals surface area contributed by atoms with E-state index in [0.717, 1.165) is 11.4 Å². The molecule has 3 heterocycles. The lowest BCUT2D eigenvalue weighted by Gasteiger charge is -2.38. The van der Waals surface area contributed by atoms with Crippen molar-refractivity contribution in [3.8, 4) is 16.8 Å². The number of benzene rings is 6. The Kier molecular flexibility index (Phi) is 4.44. The Hall–Kier alpha value is -4.76. The van der Waals surface area contributed by atoms with Crippen LogP contribution in [0.25, 0.3) is 49.4 Å². The van der Waals surface area contributed by atoms with E-state index in [0.29, 0.717) is 0 Å². The molecule has 3 heteroatoms. The Morgan fingerprint density at radius 1 is 0.683 bits per heavy atom. The lowest BCUT2D eigenvalue weighted by Crippen LogP contribution is -2.41. The molecule has 6 aromatic carbocycles. The Morgan fingerprint density at radius 3 is 2.34 bits per heavy atom. The Bertz CT molecular complexity index is 2240. The molecule has 0 fully saturated rings. The highest BCUT2D eigenvalue weighted by atomic mass is 15.0. The van der Waals surface area contributed by atoms with Gasteiger partial charge in [-0.2, -0.15) is 0 Å². The number of para-hydroxylation sites is 3. The summed E-state index contributed by atoms with van der Waals surface area (Å²) in [5, 5.41) is 9.11. The van der Waals surface area contributed by atoms with Crippen molar-refractivity contribution in [1.29, 1.82) is 0 Å². The molecule has 2 aliphatic rings. The second kappa shape index (κ2) is 7.92. The van der Waals surface area contributed by atoms with Crippen LogP contribution < -0.4 is 16.2 Å². The molecular formula is C38H28BN2. The average Bonchev–Trinajstić information content (AvgIpc) is 3.36. The summed E-state index contributed by atoms with van der Waals surface area (Å²) in [4.78, 5) is 0. The van der Waals surface area contributed by atoms with E-state index < -0.39 is 0 Å². The van der Waals surface area contributed by atoms with Gasteiger partial charge in [0.05, 0.1) is 5.52 Å². The van der Waals surface area contributed by atoms with Gasteiger partial charge in [0.25, 0.3) is 0 Å². The molecule has 0 atom stereocenters. The maximum absolute atomic E-state index is 3.70. The number of aromatic nitrogens is 1. The monoisotopic (exact) mass is 523 g/mol. The number of rotatable bonds is 3. The number of anilines is 2. The Labute approximate surface area is 240 Å². The van der Waals surface area contributed by atoms with E-state index in [1.807, 2.05) is 0 Å². The molecule has 2 nitrogen and oxygen atoms in total. The molecule has 0 aliphatic carbocycles. The number of nitrogens with one attached hydrogen (secondary N) is 1. The lowest BCUT2D eigenvalue weighted by atomic mass is 9.57. The van der Waals surface area contributed by atoms with Crippen molar-refractivity contribution in [3.05, 3.63) is 126 Å². The summed E-state index contributed by atoms with van der Waals surface area (Å²) in [7, 11) is 2.44. The number of nitrogens with zero attached hydrogens (tertiary/aromatic N) is 1. The summed E-state index contributed by atoms with van der Waals surface area (Å²) in [5.74, 6) is 0.